The Kier molecular flexibility index (Phi) is 5.54. The van der Waals surface area contributed by atoms with Gasteiger partial charge in [-0.25, -0.2) is 4.98 Å². The second-order valence-corrected chi connectivity index (χ2v) is 5.89. The molecular formula is C15H28N4O. The number of hydrogen-bond acceptors (Lipinski definition) is 4. The Balaban J connectivity index is 2.08. The molecule has 0 aromatic carbocycles. The third-order valence-electron chi connectivity index (χ3n) is 4.57. The van der Waals surface area contributed by atoms with Crippen LogP contribution in [0.15, 0.2) is 6.33 Å². The van der Waals surface area contributed by atoms with Gasteiger partial charge in [0.25, 0.3) is 0 Å². The summed E-state index contributed by atoms with van der Waals surface area (Å²) >= 11 is 0. The number of nitrogens with zero attached hydrogens (tertiary/aromatic N) is 3. The summed E-state index contributed by atoms with van der Waals surface area (Å²) in [5.41, 5.74) is 6.33. The molecule has 0 spiro atoms. The summed E-state index contributed by atoms with van der Waals surface area (Å²) in [6.45, 7) is 3.05. The number of rotatable bonds is 6. The first kappa shape index (κ1) is 15.4. The topological polar surface area (TPSA) is 66.0 Å². The van der Waals surface area contributed by atoms with Crippen molar-refractivity contribution < 1.29 is 4.74 Å². The van der Waals surface area contributed by atoms with Crippen LogP contribution in [0.25, 0.3) is 0 Å². The average Bonchev–Trinajstić information content (AvgIpc) is 2.75. The zero-order chi connectivity index (χ0) is 14.4. The third-order valence-corrected chi connectivity index (χ3v) is 4.57. The summed E-state index contributed by atoms with van der Waals surface area (Å²) in [6, 6.07) is -0.00888. The third kappa shape index (κ3) is 3.38. The predicted molar refractivity (Wildman–Crippen MR) is 79.4 cm³/mol. The van der Waals surface area contributed by atoms with Crippen molar-refractivity contribution >= 4 is 0 Å². The highest BCUT2D eigenvalue weighted by molar-refractivity contribution is 4.99. The lowest BCUT2D eigenvalue weighted by molar-refractivity contribution is -0.0436. The van der Waals surface area contributed by atoms with Gasteiger partial charge in [0.15, 0.2) is 0 Å². The van der Waals surface area contributed by atoms with E-state index in [2.05, 4.69) is 17.0 Å². The fourth-order valence-corrected chi connectivity index (χ4v) is 3.28. The molecule has 0 amide bonds. The summed E-state index contributed by atoms with van der Waals surface area (Å²) in [6.07, 6.45) is 10.6. The van der Waals surface area contributed by atoms with Gasteiger partial charge in [-0.1, -0.05) is 32.6 Å². The van der Waals surface area contributed by atoms with Crippen molar-refractivity contribution in [2.24, 2.45) is 5.73 Å². The molecule has 2 N–H and O–H groups in total. The van der Waals surface area contributed by atoms with E-state index in [1.54, 1.807) is 6.33 Å². The van der Waals surface area contributed by atoms with E-state index in [1.807, 2.05) is 11.8 Å². The Morgan fingerprint density at radius 2 is 2.05 bits per heavy atom. The molecule has 1 aliphatic rings. The van der Waals surface area contributed by atoms with E-state index in [-0.39, 0.29) is 11.6 Å². The van der Waals surface area contributed by atoms with E-state index >= 15 is 0 Å². The highest BCUT2D eigenvalue weighted by Crippen LogP contribution is 2.33. The van der Waals surface area contributed by atoms with Crippen molar-refractivity contribution in [2.45, 2.75) is 76.5 Å². The molecule has 5 heteroatoms. The maximum absolute atomic E-state index is 6.51. The first-order chi connectivity index (χ1) is 9.72. The Labute approximate surface area is 121 Å². The molecule has 1 aromatic heterocycles. The van der Waals surface area contributed by atoms with Gasteiger partial charge < -0.3 is 10.5 Å². The second-order valence-electron chi connectivity index (χ2n) is 5.89. The number of aromatic nitrogens is 3. The molecule has 0 radical (unpaired) electrons. The normalized spacial score (nSPS) is 20.6. The number of nitrogens with two attached hydrogens (primary N) is 1. The molecule has 5 nitrogen and oxygen atoms in total. The fourth-order valence-electron chi connectivity index (χ4n) is 3.28. The minimum Gasteiger partial charge on any atom is -0.377 e. The number of ether oxygens (including phenoxy) is 1. The average molecular weight is 280 g/mol. The second kappa shape index (κ2) is 7.18. The van der Waals surface area contributed by atoms with Gasteiger partial charge in [-0.05, 0) is 19.3 Å². The maximum atomic E-state index is 6.51. The van der Waals surface area contributed by atoms with Crippen LogP contribution in [-0.4, -0.2) is 33.5 Å². The van der Waals surface area contributed by atoms with Gasteiger partial charge in [-0.3, -0.25) is 4.68 Å². The first-order valence-corrected chi connectivity index (χ1v) is 7.89. The molecule has 1 heterocycles. The molecule has 1 aromatic rings. The fraction of sp³-hybridized carbons (Fsp3) is 0.867. The van der Waals surface area contributed by atoms with Crippen molar-refractivity contribution in [3.63, 3.8) is 0 Å². The molecule has 1 saturated carbocycles. The van der Waals surface area contributed by atoms with Gasteiger partial charge in [-0.15, -0.1) is 0 Å². The van der Waals surface area contributed by atoms with Crippen molar-refractivity contribution in [3.05, 3.63) is 12.2 Å². The molecule has 1 atom stereocenters. The number of aryl methyl sites for hydroxylation is 1. The summed E-state index contributed by atoms with van der Waals surface area (Å²) in [5.74, 6) is 0.986. The Hall–Kier alpha value is -0.940. The maximum Gasteiger partial charge on any atom is 0.138 e. The van der Waals surface area contributed by atoms with Gasteiger partial charge in [0, 0.05) is 26.1 Å². The first-order valence-electron chi connectivity index (χ1n) is 7.89. The van der Waals surface area contributed by atoms with Gasteiger partial charge in [-0.2, -0.15) is 5.10 Å². The quantitative estimate of drug-likeness (QED) is 0.812. The van der Waals surface area contributed by atoms with Crippen LogP contribution < -0.4 is 5.73 Å². The zero-order valence-electron chi connectivity index (χ0n) is 12.8. The summed E-state index contributed by atoms with van der Waals surface area (Å²) < 4.78 is 7.86. The van der Waals surface area contributed by atoms with E-state index in [9.17, 15) is 0 Å². The monoisotopic (exact) mass is 280 g/mol. The molecule has 0 saturated heterocycles. The molecule has 114 valence electrons. The summed E-state index contributed by atoms with van der Waals surface area (Å²) in [4.78, 5) is 4.37. The number of hydrogen-bond donors (Lipinski definition) is 1. The van der Waals surface area contributed by atoms with Gasteiger partial charge >= 0.3 is 0 Å². The van der Waals surface area contributed by atoms with Gasteiger partial charge in [0.2, 0.25) is 0 Å². The van der Waals surface area contributed by atoms with Crippen LogP contribution in [0, 0.1) is 0 Å². The Bertz CT molecular complexity index is 396. The molecule has 0 aliphatic heterocycles. The zero-order valence-corrected chi connectivity index (χ0v) is 12.8. The van der Waals surface area contributed by atoms with Gasteiger partial charge in [0.05, 0.1) is 5.60 Å². The molecule has 2 rings (SSSR count). The van der Waals surface area contributed by atoms with E-state index in [1.165, 1.54) is 25.7 Å². The van der Waals surface area contributed by atoms with Crippen molar-refractivity contribution in [2.75, 3.05) is 7.11 Å². The lowest BCUT2D eigenvalue weighted by Crippen LogP contribution is -2.50. The lowest BCUT2D eigenvalue weighted by Gasteiger charge is -2.37. The largest absolute Gasteiger partial charge is 0.377 e. The minimum atomic E-state index is -0.181. The lowest BCUT2D eigenvalue weighted by atomic mass is 9.84. The molecule has 20 heavy (non-hydrogen) atoms. The van der Waals surface area contributed by atoms with Crippen molar-refractivity contribution in [1.29, 1.82) is 0 Å². The number of methoxy groups -OCH3 is 1. The minimum absolute atomic E-state index is 0.00888. The molecule has 0 bridgehead atoms. The highest BCUT2D eigenvalue weighted by Gasteiger charge is 2.37. The van der Waals surface area contributed by atoms with Gasteiger partial charge in [0.1, 0.15) is 12.2 Å². The van der Waals surface area contributed by atoms with E-state index in [0.717, 1.165) is 38.1 Å². The highest BCUT2D eigenvalue weighted by atomic mass is 16.5. The van der Waals surface area contributed by atoms with Crippen LogP contribution in [0.4, 0.5) is 0 Å². The van der Waals surface area contributed by atoms with Crippen molar-refractivity contribution in [3.8, 4) is 0 Å². The molecule has 1 fully saturated rings. The van der Waals surface area contributed by atoms with Crippen LogP contribution >= 0.6 is 0 Å². The molecule has 1 aliphatic carbocycles. The van der Waals surface area contributed by atoms with E-state index < -0.39 is 0 Å². The smallest absolute Gasteiger partial charge is 0.138 e. The van der Waals surface area contributed by atoms with Crippen LogP contribution in [0.3, 0.4) is 0 Å². The van der Waals surface area contributed by atoms with Crippen LogP contribution in [0.1, 0.15) is 57.7 Å². The summed E-state index contributed by atoms with van der Waals surface area (Å²) in [7, 11) is 1.81. The Morgan fingerprint density at radius 3 is 2.65 bits per heavy atom. The van der Waals surface area contributed by atoms with E-state index in [0.29, 0.717) is 0 Å². The van der Waals surface area contributed by atoms with Crippen LogP contribution in [-0.2, 0) is 17.7 Å². The molecule has 1 unspecified atom stereocenters. The van der Waals surface area contributed by atoms with E-state index in [4.69, 9.17) is 10.5 Å². The standard InChI is InChI=1S/C15H28N4O/c1-3-10-19-14(17-12-18-19)11-13(16)15(20-2)8-6-4-5-7-9-15/h12-13H,3-11,16H2,1-2H3. The van der Waals surface area contributed by atoms with Crippen LogP contribution in [0.5, 0.6) is 0 Å². The van der Waals surface area contributed by atoms with Crippen LogP contribution in [0.2, 0.25) is 0 Å². The Morgan fingerprint density at radius 1 is 1.35 bits per heavy atom. The predicted octanol–water partition coefficient (Wildman–Crippen LogP) is 2.30. The molecular weight excluding hydrogens is 252 g/mol. The van der Waals surface area contributed by atoms with Crippen molar-refractivity contribution in [1.82, 2.24) is 14.8 Å². The summed E-state index contributed by atoms with van der Waals surface area (Å²) in [5, 5.41) is 4.28. The SMILES string of the molecule is CCCn1ncnc1CC(N)C1(OC)CCCCCC1.